The summed E-state index contributed by atoms with van der Waals surface area (Å²) in [7, 11) is 0. The van der Waals surface area contributed by atoms with Crippen LogP contribution < -0.4 is 5.32 Å². The monoisotopic (exact) mass is 304 g/mol. The largest absolute Gasteiger partial charge is 0.304 e. The van der Waals surface area contributed by atoms with Crippen molar-refractivity contribution >= 4 is 11.3 Å². The van der Waals surface area contributed by atoms with Crippen LogP contribution in [0.25, 0.3) is 0 Å². The third-order valence-corrected chi connectivity index (χ3v) is 5.15. The lowest BCUT2D eigenvalue weighted by molar-refractivity contribution is 0.544. The Labute approximate surface area is 129 Å². The molecule has 4 heteroatoms. The van der Waals surface area contributed by atoms with Gasteiger partial charge in [0.2, 0.25) is 0 Å². The van der Waals surface area contributed by atoms with Crippen LogP contribution in [0.15, 0.2) is 24.3 Å². The van der Waals surface area contributed by atoms with Gasteiger partial charge in [-0.2, -0.15) is 0 Å². The Balaban J connectivity index is 1.95. The van der Waals surface area contributed by atoms with Gasteiger partial charge in [0.15, 0.2) is 0 Å². The molecule has 0 fully saturated rings. The molecule has 1 unspecified atom stereocenters. The van der Waals surface area contributed by atoms with E-state index >= 15 is 0 Å². The molecule has 1 aliphatic rings. The van der Waals surface area contributed by atoms with E-state index in [-0.39, 0.29) is 11.9 Å². The second kappa shape index (κ2) is 6.67. The lowest BCUT2D eigenvalue weighted by atomic mass is 10.0. The van der Waals surface area contributed by atoms with Crippen molar-refractivity contribution in [2.75, 3.05) is 6.54 Å². The van der Waals surface area contributed by atoms with Gasteiger partial charge in [-0.25, -0.2) is 9.37 Å². The molecule has 0 saturated heterocycles. The molecule has 112 valence electrons. The number of halogens is 1. The highest BCUT2D eigenvalue weighted by molar-refractivity contribution is 7.11. The van der Waals surface area contributed by atoms with Crippen LogP contribution in [-0.2, 0) is 12.8 Å². The Kier molecular flexibility index (Phi) is 4.66. The van der Waals surface area contributed by atoms with Crippen LogP contribution >= 0.6 is 11.3 Å². The molecule has 0 radical (unpaired) electrons. The predicted octanol–water partition coefficient (Wildman–Crippen LogP) is 4.25. The second-order valence-corrected chi connectivity index (χ2v) is 6.65. The Morgan fingerprint density at radius 1 is 1.29 bits per heavy atom. The van der Waals surface area contributed by atoms with Crippen LogP contribution in [-0.4, -0.2) is 11.5 Å². The van der Waals surface area contributed by atoms with Crippen LogP contribution in [0, 0.1) is 5.82 Å². The number of fused-ring (bicyclic) bond motifs is 1. The van der Waals surface area contributed by atoms with Gasteiger partial charge >= 0.3 is 0 Å². The summed E-state index contributed by atoms with van der Waals surface area (Å²) in [6.45, 7) is 2.99. The smallest absolute Gasteiger partial charge is 0.128 e. The van der Waals surface area contributed by atoms with Crippen molar-refractivity contribution in [3.63, 3.8) is 0 Å². The first kappa shape index (κ1) is 14.7. The predicted molar refractivity (Wildman–Crippen MR) is 85.3 cm³/mol. The lowest BCUT2D eigenvalue weighted by Gasteiger charge is -2.17. The minimum absolute atomic E-state index is 0.123. The number of nitrogens with one attached hydrogen (secondary N) is 1. The van der Waals surface area contributed by atoms with Crippen molar-refractivity contribution in [3.05, 3.63) is 51.2 Å². The summed E-state index contributed by atoms with van der Waals surface area (Å²) in [6, 6.07) is 6.91. The first-order chi connectivity index (χ1) is 10.3. The molecular formula is C17H21FN2S. The van der Waals surface area contributed by atoms with E-state index in [1.165, 1.54) is 29.5 Å². The van der Waals surface area contributed by atoms with Gasteiger partial charge in [0.25, 0.3) is 0 Å². The van der Waals surface area contributed by atoms with Crippen molar-refractivity contribution in [2.45, 2.75) is 45.1 Å². The number of thiazole rings is 1. The maximum Gasteiger partial charge on any atom is 0.128 e. The molecule has 1 aromatic carbocycles. The average Bonchev–Trinajstić information content (AvgIpc) is 2.93. The molecule has 0 saturated carbocycles. The fourth-order valence-corrected chi connectivity index (χ4v) is 4.07. The number of hydrogen-bond acceptors (Lipinski definition) is 3. The van der Waals surface area contributed by atoms with Gasteiger partial charge in [-0.15, -0.1) is 11.3 Å². The normalized spacial score (nSPS) is 15.7. The molecule has 0 bridgehead atoms. The van der Waals surface area contributed by atoms with Crippen LogP contribution in [0.2, 0.25) is 0 Å². The Hall–Kier alpha value is -1.26. The van der Waals surface area contributed by atoms with E-state index in [1.54, 1.807) is 17.4 Å². The molecule has 2 aromatic rings. The highest BCUT2D eigenvalue weighted by atomic mass is 32.1. The summed E-state index contributed by atoms with van der Waals surface area (Å²) in [5.41, 5.74) is 1.94. The quantitative estimate of drug-likeness (QED) is 0.893. The van der Waals surface area contributed by atoms with Crippen LogP contribution in [0.3, 0.4) is 0 Å². The zero-order valence-corrected chi connectivity index (χ0v) is 13.2. The first-order valence-corrected chi connectivity index (χ1v) is 8.57. The van der Waals surface area contributed by atoms with Gasteiger partial charge in [0.05, 0.1) is 11.7 Å². The van der Waals surface area contributed by atoms with Crippen molar-refractivity contribution in [1.82, 2.24) is 10.3 Å². The number of hydrogen-bond donors (Lipinski definition) is 1. The number of aryl methyl sites for hydroxylation is 2. The van der Waals surface area contributed by atoms with Crippen LogP contribution in [0.1, 0.15) is 53.4 Å². The summed E-state index contributed by atoms with van der Waals surface area (Å²) in [4.78, 5) is 6.21. The van der Waals surface area contributed by atoms with E-state index in [9.17, 15) is 4.39 Å². The Bertz CT molecular complexity index is 585. The standard InChI is InChI=1S/C17H21FN2S/c1-2-11-19-16(12-7-3-4-8-13(12)18)17-20-14-9-5-6-10-15(14)21-17/h3-4,7-8,16,19H,2,5-6,9-11H2,1H3. The molecule has 0 aliphatic heterocycles. The van der Waals surface area contributed by atoms with Gasteiger partial charge in [0.1, 0.15) is 10.8 Å². The fourth-order valence-electron chi connectivity index (χ4n) is 2.82. The molecular weight excluding hydrogens is 283 g/mol. The van der Waals surface area contributed by atoms with Gasteiger partial charge in [-0.1, -0.05) is 25.1 Å². The summed E-state index contributed by atoms with van der Waals surface area (Å²) >= 11 is 1.76. The van der Waals surface area contributed by atoms with E-state index in [1.807, 2.05) is 12.1 Å². The molecule has 1 atom stereocenters. The van der Waals surface area contributed by atoms with E-state index in [2.05, 4.69) is 12.2 Å². The highest BCUT2D eigenvalue weighted by Crippen LogP contribution is 2.33. The SMILES string of the molecule is CCCNC(c1nc2c(s1)CCCC2)c1ccccc1F. The summed E-state index contributed by atoms with van der Waals surface area (Å²) < 4.78 is 14.2. The van der Waals surface area contributed by atoms with Gasteiger partial charge in [0, 0.05) is 10.4 Å². The summed E-state index contributed by atoms with van der Waals surface area (Å²) in [6.07, 6.45) is 5.70. The van der Waals surface area contributed by atoms with Crippen LogP contribution in [0.5, 0.6) is 0 Å². The van der Waals surface area contributed by atoms with Crippen molar-refractivity contribution in [1.29, 1.82) is 0 Å². The number of benzene rings is 1. The number of aromatic nitrogens is 1. The molecule has 2 nitrogen and oxygen atoms in total. The molecule has 21 heavy (non-hydrogen) atoms. The van der Waals surface area contributed by atoms with Crippen LogP contribution in [0.4, 0.5) is 4.39 Å². The van der Waals surface area contributed by atoms with Gasteiger partial charge in [-0.3, -0.25) is 0 Å². The third-order valence-electron chi connectivity index (χ3n) is 3.92. The minimum atomic E-state index is -0.153. The zero-order valence-electron chi connectivity index (χ0n) is 12.4. The fraction of sp³-hybridized carbons (Fsp3) is 0.471. The van der Waals surface area contributed by atoms with E-state index in [0.717, 1.165) is 30.8 Å². The van der Waals surface area contributed by atoms with Gasteiger partial charge in [-0.05, 0) is 44.7 Å². The average molecular weight is 304 g/mol. The second-order valence-electron chi connectivity index (χ2n) is 5.54. The summed E-state index contributed by atoms with van der Waals surface area (Å²) in [5.74, 6) is -0.153. The molecule has 1 aromatic heterocycles. The number of nitrogens with zero attached hydrogens (tertiary/aromatic N) is 1. The van der Waals surface area contributed by atoms with Crippen molar-refractivity contribution < 1.29 is 4.39 Å². The maximum absolute atomic E-state index is 14.2. The molecule has 3 rings (SSSR count). The molecule has 1 N–H and O–H groups in total. The minimum Gasteiger partial charge on any atom is -0.304 e. The first-order valence-electron chi connectivity index (χ1n) is 7.76. The number of rotatable bonds is 5. The maximum atomic E-state index is 14.2. The van der Waals surface area contributed by atoms with Crippen molar-refractivity contribution in [3.8, 4) is 0 Å². The van der Waals surface area contributed by atoms with E-state index < -0.39 is 0 Å². The van der Waals surface area contributed by atoms with E-state index in [0.29, 0.717) is 5.56 Å². The molecule has 1 aliphatic carbocycles. The lowest BCUT2D eigenvalue weighted by Crippen LogP contribution is -2.24. The van der Waals surface area contributed by atoms with Gasteiger partial charge < -0.3 is 5.32 Å². The molecule has 0 amide bonds. The summed E-state index contributed by atoms with van der Waals surface area (Å²) in [5, 5.41) is 4.47. The van der Waals surface area contributed by atoms with E-state index in [4.69, 9.17) is 4.98 Å². The molecule has 0 spiro atoms. The Morgan fingerprint density at radius 2 is 2.10 bits per heavy atom. The Morgan fingerprint density at radius 3 is 2.86 bits per heavy atom. The molecule has 1 heterocycles. The highest BCUT2D eigenvalue weighted by Gasteiger charge is 2.23. The topological polar surface area (TPSA) is 24.9 Å². The third kappa shape index (κ3) is 3.16. The zero-order chi connectivity index (χ0) is 14.7. The van der Waals surface area contributed by atoms with Crippen molar-refractivity contribution in [2.24, 2.45) is 0 Å².